The van der Waals surface area contributed by atoms with Crippen molar-refractivity contribution < 1.29 is 18.3 Å². The van der Waals surface area contributed by atoms with Gasteiger partial charge in [0.2, 0.25) is 5.91 Å². The number of hydrogen-bond donors (Lipinski definition) is 1. The first kappa shape index (κ1) is 21.8. The van der Waals surface area contributed by atoms with Crippen LogP contribution in [0, 0.1) is 11.6 Å². The molecule has 1 aliphatic carbocycles. The highest BCUT2D eigenvalue weighted by Crippen LogP contribution is 2.37. The lowest BCUT2D eigenvalue weighted by atomic mass is 9.91. The predicted molar refractivity (Wildman–Crippen MR) is 112 cm³/mol. The molecule has 166 valence electrons. The number of aryl methyl sites for hydroxylation is 1. The van der Waals surface area contributed by atoms with E-state index in [9.17, 15) is 13.6 Å². The van der Waals surface area contributed by atoms with Crippen LogP contribution in [0.3, 0.4) is 0 Å². The van der Waals surface area contributed by atoms with E-state index in [1.165, 1.54) is 12.1 Å². The maximum atomic E-state index is 13.8. The monoisotopic (exact) mass is 430 g/mol. The molecule has 2 aromatic rings. The first-order valence-corrected chi connectivity index (χ1v) is 10.7. The number of nitrogens with two attached hydrogens (primary N) is 1. The zero-order valence-corrected chi connectivity index (χ0v) is 17.5. The van der Waals surface area contributed by atoms with Crippen LogP contribution < -0.4 is 5.73 Å². The van der Waals surface area contributed by atoms with Crippen molar-refractivity contribution >= 4 is 5.91 Å². The molecule has 0 saturated carbocycles. The van der Waals surface area contributed by atoms with E-state index in [4.69, 9.17) is 10.5 Å². The number of halogens is 2. The fraction of sp³-hybridized carbons (Fsp3) is 0.478. The van der Waals surface area contributed by atoms with Gasteiger partial charge in [-0.25, -0.2) is 8.78 Å². The number of morpholine rings is 1. The molecule has 2 aliphatic rings. The Bertz CT molecular complexity index is 906. The standard InChI is InChI=1S/C23H28F2N4O2/c24-20-11-17-1-2-18(19(17)12-21(20)25)22(26)13-23(30)29(14-16-3-5-27-6-4-16)15-28-7-9-31-10-8-28/h3-6,11-12,18,22H,1-2,7-10,13-15,26H2. The van der Waals surface area contributed by atoms with Crippen LogP contribution in [0.5, 0.6) is 0 Å². The van der Waals surface area contributed by atoms with Crippen molar-refractivity contribution in [3.8, 4) is 0 Å². The number of fused-ring (bicyclic) bond motifs is 1. The number of rotatable bonds is 7. The van der Waals surface area contributed by atoms with Crippen LogP contribution in [0.15, 0.2) is 36.7 Å². The number of benzene rings is 1. The molecule has 8 heteroatoms. The normalized spacial score (nSPS) is 19.8. The van der Waals surface area contributed by atoms with Gasteiger partial charge in [-0.2, -0.15) is 0 Å². The summed E-state index contributed by atoms with van der Waals surface area (Å²) in [5, 5.41) is 0. The van der Waals surface area contributed by atoms with Crippen LogP contribution in [-0.4, -0.2) is 59.7 Å². The minimum Gasteiger partial charge on any atom is -0.379 e. The molecule has 2 unspecified atom stereocenters. The topological polar surface area (TPSA) is 71.7 Å². The van der Waals surface area contributed by atoms with Crippen molar-refractivity contribution in [1.29, 1.82) is 0 Å². The summed E-state index contributed by atoms with van der Waals surface area (Å²) in [6.45, 7) is 3.81. The molecule has 4 rings (SSSR count). The number of aromatic nitrogens is 1. The molecule has 1 aliphatic heterocycles. The second kappa shape index (κ2) is 9.80. The summed E-state index contributed by atoms with van der Waals surface area (Å²) >= 11 is 0. The van der Waals surface area contributed by atoms with Crippen molar-refractivity contribution in [3.63, 3.8) is 0 Å². The molecule has 0 radical (unpaired) electrons. The molecular formula is C23H28F2N4O2. The molecule has 1 saturated heterocycles. The number of nitrogens with zero attached hydrogens (tertiary/aromatic N) is 3. The van der Waals surface area contributed by atoms with Crippen LogP contribution in [0.25, 0.3) is 0 Å². The van der Waals surface area contributed by atoms with Crippen LogP contribution >= 0.6 is 0 Å². The first-order valence-electron chi connectivity index (χ1n) is 10.7. The lowest BCUT2D eigenvalue weighted by Crippen LogP contribution is -2.47. The van der Waals surface area contributed by atoms with Gasteiger partial charge in [-0.1, -0.05) is 0 Å². The maximum Gasteiger partial charge on any atom is 0.225 e. The van der Waals surface area contributed by atoms with Crippen LogP contribution in [0.1, 0.15) is 35.4 Å². The SMILES string of the molecule is NC(CC(=O)N(Cc1ccncc1)CN1CCOCC1)C1CCc2cc(F)c(F)cc21. The van der Waals surface area contributed by atoms with Gasteiger partial charge in [0.15, 0.2) is 11.6 Å². The van der Waals surface area contributed by atoms with E-state index in [2.05, 4.69) is 9.88 Å². The molecule has 2 heterocycles. The van der Waals surface area contributed by atoms with E-state index in [1.807, 2.05) is 17.0 Å². The highest BCUT2D eigenvalue weighted by molar-refractivity contribution is 5.77. The van der Waals surface area contributed by atoms with Gasteiger partial charge in [-0.3, -0.25) is 14.7 Å². The Morgan fingerprint density at radius 2 is 1.94 bits per heavy atom. The van der Waals surface area contributed by atoms with Crippen molar-refractivity contribution in [2.24, 2.45) is 5.73 Å². The van der Waals surface area contributed by atoms with E-state index < -0.39 is 17.7 Å². The Kier molecular flexibility index (Phi) is 6.89. The van der Waals surface area contributed by atoms with Crippen molar-refractivity contribution in [3.05, 3.63) is 65.0 Å². The van der Waals surface area contributed by atoms with Crippen LogP contribution in [0.2, 0.25) is 0 Å². The number of carbonyl (C=O) groups excluding carboxylic acids is 1. The molecule has 1 aromatic heterocycles. The molecule has 0 spiro atoms. The van der Waals surface area contributed by atoms with Gasteiger partial charge < -0.3 is 15.4 Å². The van der Waals surface area contributed by atoms with Crippen molar-refractivity contribution in [1.82, 2.24) is 14.8 Å². The summed E-state index contributed by atoms with van der Waals surface area (Å²) in [5.41, 5.74) is 8.95. The average Bonchev–Trinajstić information content (AvgIpc) is 3.17. The smallest absolute Gasteiger partial charge is 0.225 e. The largest absolute Gasteiger partial charge is 0.379 e. The Balaban J connectivity index is 1.46. The third-order valence-electron chi connectivity index (χ3n) is 6.18. The number of amides is 1. The Hall–Kier alpha value is -2.42. The van der Waals surface area contributed by atoms with Gasteiger partial charge in [0.25, 0.3) is 0 Å². The van der Waals surface area contributed by atoms with Crippen LogP contribution in [0.4, 0.5) is 8.78 Å². The molecule has 0 bridgehead atoms. The van der Waals surface area contributed by atoms with Crippen LogP contribution in [-0.2, 0) is 22.5 Å². The quantitative estimate of drug-likeness (QED) is 0.731. The predicted octanol–water partition coefficient (Wildman–Crippen LogP) is 2.43. The fourth-order valence-electron chi connectivity index (χ4n) is 4.46. The fourth-order valence-corrected chi connectivity index (χ4v) is 4.46. The Morgan fingerprint density at radius 1 is 1.23 bits per heavy atom. The lowest BCUT2D eigenvalue weighted by Gasteiger charge is -2.34. The molecule has 2 N–H and O–H groups in total. The highest BCUT2D eigenvalue weighted by atomic mass is 19.2. The van der Waals surface area contributed by atoms with Gasteiger partial charge in [-0.05, 0) is 53.8 Å². The van der Waals surface area contributed by atoms with E-state index in [1.54, 1.807) is 12.4 Å². The zero-order chi connectivity index (χ0) is 21.8. The second-order valence-corrected chi connectivity index (χ2v) is 8.30. The molecule has 31 heavy (non-hydrogen) atoms. The maximum absolute atomic E-state index is 13.8. The minimum atomic E-state index is -0.865. The highest BCUT2D eigenvalue weighted by Gasteiger charge is 2.31. The molecule has 1 aromatic carbocycles. The van der Waals surface area contributed by atoms with Gasteiger partial charge in [0.1, 0.15) is 0 Å². The first-order chi connectivity index (χ1) is 15.0. The van der Waals surface area contributed by atoms with Crippen molar-refractivity contribution in [2.45, 2.75) is 37.8 Å². The number of hydrogen-bond acceptors (Lipinski definition) is 5. The van der Waals surface area contributed by atoms with Gasteiger partial charge in [0.05, 0.1) is 19.9 Å². The Labute approximate surface area is 181 Å². The van der Waals surface area contributed by atoms with Gasteiger partial charge in [-0.15, -0.1) is 0 Å². The third kappa shape index (κ3) is 5.26. The number of pyridine rings is 1. The molecule has 6 nitrogen and oxygen atoms in total. The van der Waals surface area contributed by atoms with E-state index in [0.717, 1.165) is 29.8 Å². The summed E-state index contributed by atoms with van der Waals surface area (Å²) in [6, 6.07) is 5.83. The average molecular weight is 430 g/mol. The number of carbonyl (C=O) groups is 1. The minimum absolute atomic E-state index is 0.0492. The van der Waals surface area contributed by atoms with E-state index >= 15 is 0 Å². The summed E-state index contributed by atoms with van der Waals surface area (Å²) in [5.74, 6) is -1.90. The van der Waals surface area contributed by atoms with Gasteiger partial charge >= 0.3 is 0 Å². The summed E-state index contributed by atoms with van der Waals surface area (Å²) in [4.78, 5) is 21.3. The van der Waals surface area contributed by atoms with E-state index in [0.29, 0.717) is 39.3 Å². The summed E-state index contributed by atoms with van der Waals surface area (Å²) in [6.07, 6.45) is 4.91. The van der Waals surface area contributed by atoms with Crippen molar-refractivity contribution in [2.75, 3.05) is 33.0 Å². The summed E-state index contributed by atoms with van der Waals surface area (Å²) < 4.78 is 32.8. The molecule has 2 atom stereocenters. The number of ether oxygens (including phenoxy) is 1. The van der Waals surface area contributed by atoms with E-state index in [-0.39, 0.29) is 18.2 Å². The molecule has 1 fully saturated rings. The summed E-state index contributed by atoms with van der Waals surface area (Å²) in [7, 11) is 0. The molecular weight excluding hydrogens is 402 g/mol. The zero-order valence-electron chi connectivity index (χ0n) is 17.5. The third-order valence-corrected chi connectivity index (χ3v) is 6.18. The van der Waals surface area contributed by atoms with Gasteiger partial charge in [0, 0.05) is 50.4 Å². The second-order valence-electron chi connectivity index (χ2n) is 8.30. The lowest BCUT2D eigenvalue weighted by molar-refractivity contribution is -0.135. The molecule has 1 amide bonds. The Morgan fingerprint density at radius 3 is 2.68 bits per heavy atom.